The van der Waals surface area contributed by atoms with Gasteiger partial charge in [-0.3, -0.25) is 0 Å². The molecule has 2 aromatic carbocycles. The zero-order chi connectivity index (χ0) is 18.9. The smallest absolute Gasteiger partial charge is 0.349 e. The van der Waals surface area contributed by atoms with Crippen molar-refractivity contribution in [1.29, 1.82) is 0 Å². The van der Waals surface area contributed by atoms with Gasteiger partial charge < -0.3 is 23.7 Å². The molecule has 7 nitrogen and oxygen atoms in total. The minimum atomic E-state index is -0.625. The predicted molar refractivity (Wildman–Crippen MR) is 93.1 cm³/mol. The molecule has 0 unspecified atom stereocenters. The minimum Gasteiger partial charge on any atom is -0.493 e. The number of hydrogen-bond acceptors (Lipinski definition) is 7. The summed E-state index contributed by atoms with van der Waals surface area (Å²) in [6.07, 6.45) is 0. The van der Waals surface area contributed by atoms with Crippen LogP contribution >= 0.6 is 0 Å². The van der Waals surface area contributed by atoms with Crippen LogP contribution in [0.3, 0.4) is 0 Å². The monoisotopic (exact) mass is 360 g/mol. The van der Waals surface area contributed by atoms with E-state index in [0.717, 1.165) is 0 Å². The number of methoxy groups -OCH3 is 2. The van der Waals surface area contributed by atoms with Crippen LogP contribution in [0.25, 0.3) is 0 Å². The Kier molecular flexibility index (Phi) is 6.84. The molecule has 0 saturated carbocycles. The molecule has 0 saturated heterocycles. The summed E-state index contributed by atoms with van der Waals surface area (Å²) in [7, 11) is 2.68. The van der Waals surface area contributed by atoms with Crippen LogP contribution in [-0.2, 0) is 9.53 Å². The van der Waals surface area contributed by atoms with Crippen LogP contribution in [0.15, 0.2) is 42.5 Å². The van der Waals surface area contributed by atoms with Crippen LogP contribution in [-0.4, -0.2) is 39.4 Å². The molecule has 0 bridgehead atoms. The Morgan fingerprint density at radius 3 is 2.19 bits per heavy atom. The van der Waals surface area contributed by atoms with Crippen LogP contribution in [0.1, 0.15) is 17.3 Å². The largest absolute Gasteiger partial charge is 0.493 e. The highest BCUT2D eigenvalue weighted by molar-refractivity contribution is 5.90. The van der Waals surface area contributed by atoms with Crippen molar-refractivity contribution in [3.8, 4) is 23.0 Å². The van der Waals surface area contributed by atoms with E-state index in [-0.39, 0.29) is 23.7 Å². The Bertz CT molecular complexity index is 770. The fourth-order valence-electron chi connectivity index (χ4n) is 2.13. The number of para-hydroxylation sites is 2. The minimum absolute atomic E-state index is 0.173. The molecule has 0 fully saturated rings. The van der Waals surface area contributed by atoms with E-state index in [9.17, 15) is 9.59 Å². The van der Waals surface area contributed by atoms with Crippen molar-refractivity contribution in [2.75, 3.05) is 27.4 Å². The average Bonchev–Trinajstić information content (AvgIpc) is 2.67. The number of hydrogen-bond donors (Lipinski definition) is 0. The molecule has 0 aliphatic carbocycles. The van der Waals surface area contributed by atoms with Gasteiger partial charge in [-0.1, -0.05) is 12.1 Å². The summed E-state index contributed by atoms with van der Waals surface area (Å²) in [5.41, 5.74) is 0.283. The Labute approximate surface area is 151 Å². The van der Waals surface area contributed by atoms with Crippen LogP contribution in [0.5, 0.6) is 23.0 Å². The third-order valence-corrected chi connectivity index (χ3v) is 3.30. The maximum Gasteiger partial charge on any atom is 0.349 e. The summed E-state index contributed by atoms with van der Waals surface area (Å²) < 4.78 is 25.9. The standard InChI is InChI=1S/C19H20O7/c1-4-24-14-7-5-6-8-15(14)25-12-18(20)26-16-10-9-13(19(21)23-3)11-17(16)22-2/h5-11H,4,12H2,1-3H3. The maximum absolute atomic E-state index is 12.1. The van der Waals surface area contributed by atoms with E-state index in [0.29, 0.717) is 18.1 Å². The van der Waals surface area contributed by atoms with E-state index >= 15 is 0 Å². The van der Waals surface area contributed by atoms with Crippen LogP contribution < -0.4 is 18.9 Å². The highest BCUT2D eigenvalue weighted by Crippen LogP contribution is 2.29. The van der Waals surface area contributed by atoms with E-state index in [2.05, 4.69) is 4.74 Å². The van der Waals surface area contributed by atoms with Gasteiger partial charge in [0.15, 0.2) is 29.6 Å². The number of carbonyl (C=O) groups excluding carboxylic acids is 2. The first kappa shape index (κ1) is 19.1. The van der Waals surface area contributed by atoms with Crippen LogP contribution in [0.4, 0.5) is 0 Å². The maximum atomic E-state index is 12.1. The molecule has 0 amide bonds. The van der Waals surface area contributed by atoms with Gasteiger partial charge in [-0.2, -0.15) is 0 Å². The summed E-state index contributed by atoms with van der Waals surface area (Å²) in [5.74, 6) is 0.252. The van der Waals surface area contributed by atoms with Crippen molar-refractivity contribution in [1.82, 2.24) is 0 Å². The highest BCUT2D eigenvalue weighted by Gasteiger charge is 2.15. The topological polar surface area (TPSA) is 80.3 Å². The van der Waals surface area contributed by atoms with Gasteiger partial charge in [-0.15, -0.1) is 0 Å². The molecule has 2 rings (SSSR count). The first-order chi connectivity index (χ1) is 12.6. The van der Waals surface area contributed by atoms with E-state index in [1.807, 2.05) is 13.0 Å². The molecule has 0 spiro atoms. The van der Waals surface area contributed by atoms with Gasteiger partial charge in [0.2, 0.25) is 0 Å². The van der Waals surface area contributed by atoms with Crippen LogP contribution in [0.2, 0.25) is 0 Å². The third-order valence-electron chi connectivity index (χ3n) is 3.30. The molecule has 138 valence electrons. The molecule has 0 heterocycles. The normalized spacial score (nSPS) is 9.96. The number of esters is 2. The number of carbonyl (C=O) groups is 2. The van der Waals surface area contributed by atoms with E-state index < -0.39 is 11.9 Å². The second-order valence-corrected chi connectivity index (χ2v) is 5.00. The van der Waals surface area contributed by atoms with E-state index in [4.69, 9.17) is 18.9 Å². The Balaban J connectivity index is 2.03. The summed E-state index contributed by atoms with van der Waals surface area (Å²) in [5, 5.41) is 0. The Hall–Kier alpha value is -3.22. The number of benzene rings is 2. The number of ether oxygens (including phenoxy) is 5. The summed E-state index contributed by atoms with van der Waals surface area (Å²) in [6.45, 7) is 2.02. The molecule has 26 heavy (non-hydrogen) atoms. The molecule has 0 N–H and O–H groups in total. The fraction of sp³-hybridized carbons (Fsp3) is 0.263. The van der Waals surface area contributed by atoms with Crippen molar-refractivity contribution in [3.05, 3.63) is 48.0 Å². The molecule has 7 heteroatoms. The molecule has 0 radical (unpaired) electrons. The van der Waals surface area contributed by atoms with Crippen LogP contribution in [0, 0.1) is 0 Å². The van der Waals surface area contributed by atoms with Crippen molar-refractivity contribution in [2.45, 2.75) is 6.92 Å². The number of rotatable bonds is 8. The Morgan fingerprint density at radius 2 is 1.58 bits per heavy atom. The quantitative estimate of drug-likeness (QED) is 0.529. The van der Waals surface area contributed by atoms with Gasteiger partial charge in [-0.05, 0) is 37.3 Å². The molecule has 0 aliphatic heterocycles. The molecule has 0 atom stereocenters. The SMILES string of the molecule is CCOc1ccccc1OCC(=O)Oc1ccc(C(=O)OC)cc1OC. The Morgan fingerprint density at radius 1 is 0.885 bits per heavy atom. The molecular weight excluding hydrogens is 340 g/mol. The van der Waals surface area contributed by atoms with Gasteiger partial charge in [-0.25, -0.2) is 9.59 Å². The van der Waals surface area contributed by atoms with Crippen molar-refractivity contribution < 1.29 is 33.3 Å². The van der Waals surface area contributed by atoms with E-state index in [1.165, 1.54) is 32.4 Å². The lowest BCUT2D eigenvalue weighted by Gasteiger charge is -2.12. The second kappa shape index (κ2) is 9.31. The zero-order valence-corrected chi connectivity index (χ0v) is 14.8. The highest BCUT2D eigenvalue weighted by atomic mass is 16.6. The van der Waals surface area contributed by atoms with Gasteiger partial charge in [0.25, 0.3) is 0 Å². The van der Waals surface area contributed by atoms with Gasteiger partial charge >= 0.3 is 11.9 Å². The predicted octanol–water partition coefficient (Wildman–Crippen LogP) is 2.86. The molecule has 0 aromatic heterocycles. The molecule has 2 aromatic rings. The first-order valence-corrected chi connectivity index (χ1v) is 7.90. The first-order valence-electron chi connectivity index (χ1n) is 7.90. The lowest BCUT2D eigenvalue weighted by atomic mass is 10.2. The van der Waals surface area contributed by atoms with E-state index in [1.54, 1.807) is 18.2 Å². The summed E-state index contributed by atoms with van der Waals surface area (Å²) in [4.78, 5) is 23.6. The molecular formula is C19H20O7. The summed E-state index contributed by atoms with van der Waals surface area (Å²) >= 11 is 0. The summed E-state index contributed by atoms with van der Waals surface area (Å²) in [6, 6.07) is 11.4. The van der Waals surface area contributed by atoms with Crippen molar-refractivity contribution in [2.24, 2.45) is 0 Å². The lowest BCUT2D eigenvalue weighted by Crippen LogP contribution is -2.18. The third kappa shape index (κ3) is 4.89. The van der Waals surface area contributed by atoms with Gasteiger partial charge in [0, 0.05) is 0 Å². The zero-order valence-electron chi connectivity index (χ0n) is 14.8. The van der Waals surface area contributed by atoms with Gasteiger partial charge in [0.05, 0.1) is 26.4 Å². The average molecular weight is 360 g/mol. The lowest BCUT2D eigenvalue weighted by molar-refractivity contribution is -0.136. The molecule has 0 aliphatic rings. The second-order valence-electron chi connectivity index (χ2n) is 5.00. The van der Waals surface area contributed by atoms with Crippen molar-refractivity contribution >= 4 is 11.9 Å². The fourth-order valence-corrected chi connectivity index (χ4v) is 2.13. The van der Waals surface area contributed by atoms with Gasteiger partial charge in [0.1, 0.15) is 0 Å². The van der Waals surface area contributed by atoms with Crippen molar-refractivity contribution in [3.63, 3.8) is 0 Å².